The van der Waals surface area contributed by atoms with Crippen LogP contribution in [0.2, 0.25) is 0 Å². The lowest BCUT2D eigenvalue weighted by Gasteiger charge is -2.30. The van der Waals surface area contributed by atoms with Gasteiger partial charge in [-0.15, -0.1) is 0 Å². The molecule has 98 heavy (non-hydrogen) atoms. The highest BCUT2D eigenvalue weighted by Crippen LogP contribution is 2.47. The molecule has 20 aromatic carbocycles. The maximum atomic E-state index is 6.79. The highest BCUT2D eigenvalue weighted by Gasteiger charge is 2.30. The van der Waals surface area contributed by atoms with Crippen LogP contribution < -0.4 is 18.9 Å². The van der Waals surface area contributed by atoms with Gasteiger partial charge in [-0.25, -0.2) is 0 Å². The van der Waals surface area contributed by atoms with Gasteiger partial charge in [0.2, 0.25) is 0 Å². The van der Waals surface area contributed by atoms with Gasteiger partial charge < -0.3 is 18.9 Å². The molecule has 0 bridgehead atoms. The molecule has 4 nitrogen and oxygen atoms in total. The van der Waals surface area contributed by atoms with Crippen LogP contribution >= 0.6 is 0 Å². The predicted molar refractivity (Wildman–Crippen MR) is 407 cm³/mol. The molecule has 20 aromatic rings. The molecule has 0 fully saturated rings. The number of hydrogen-bond acceptors (Lipinski definition) is 4. The van der Waals surface area contributed by atoms with Gasteiger partial charge in [0.25, 0.3) is 0 Å². The Morgan fingerprint density at radius 3 is 0.541 bits per heavy atom. The van der Waals surface area contributed by atoms with E-state index in [1.54, 1.807) is 0 Å². The average molecular weight is 1260 g/mol. The Bertz CT molecular complexity index is 5570. The van der Waals surface area contributed by atoms with Crippen LogP contribution in [0, 0.1) is 0 Å². The third kappa shape index (κ3) is 9.35. The summed E-state index contributed by atoms with van der Waals surface area (Å²) in [6.07, 6.45) is 0. The Balaban J connectivity index is 0.657. The standard InChI is InChI=1S/C94H62O4/c1-5-57-13-17-69-21-25-73(81-49-37-61(9-1)87(57)91(69)81)53-95-77-41-29-65(30-42-77)85(66-31-43-78(44-32-66)96-54-74-26-22-70-18-14-58-6-2-10-62-38-50-82(74)92(70)88(58)62)86(67-33-45-79(46-34-67)97-55-75-27-23-71-19-15-59-7-3-11-63-39-51-83(75)93(71)89(59)63)68-35-47-80(48-36-68)98-56-76-28-24-72-20-16-60-8-4-12-64-40-52-84(76)94(72)90(60)64/h1-52,85-86H,53-56H2. The van der Waals surface area contributed by atoms with Crippen molar-refractivity contribution < 1.29 is 18.9 Å². The van der Waals surface area contributed by atoms with Gasteiger partial charge in [0.1, 0.15) is 49.4 Å². The predicted octanol–water partition coefficient (Wildman–Crippen LogP) is 24.6. The van der Waals surface area contributed by atoms with Crippen LogP contribution in [0.3, 0.4) is 0 Å². The van der Waals surface area contributed by atoms with E-state index in [0.717, 1.165) is 67.5 Å². The minimum absolute atomic E-state index is 0.166. The van der Waals surface area contributed by atoms with Crippen LogP contribution in [0.1, 0.15) is 56.3 Å². The van der Waals surface area contributed by atoms with Crippen LogP contribution in [0.15, 0.2) is 315 Å². The summed E-state index contributed by atoms with van der Waals surface area (Å²) in [6.45, 7) is 1.75. The van der Waals surface area contributed by atoms with Crippen molar-refractivity contribution >= 4 is 129 Å². The van der Waals surface area contributed by atoms with Crippen molar-refractivity contribution in [1.82, 2.24) is 0 Å². The summed E-state index contributed by atoms with van der Waals surface area (Å²) < 4.78 is 27.2. The fourth-order valence-electron chi connectivity index (χ4n) is 16.6. The van der Waals surface area contributed by atoms with E-state index < -0.39 is 0 Å². The smallest absolute Gasteiger partial charge is 0.119 e. The molecule has 0 amide bonds. The van der Waals surface area contributed by atoms with Crippen LogP contribution in [-0.2, 0) is 26.4 Å². The van der Waals surface area contributed by atoms with E-state index in [-0.39, 0.29) is 11.8 Å². The monoisotopic (exact) mass is 1250 g/mol. The first-order chi connectivity index (χ1) is 48.5. The Kier molecular flexibility index (Phi) is 13.0. The molecule has 0 atom stereocenters. The van der Waals surface area contributed by atoms with Gasteiger partial charge >= 0.3 is 0 Å². The fraction of sp³-hybridized carbons (Fsp3) is 0.0638. The molecule has 462 valence electrons. The molecular weight excluding hydrogens is 1190 g/mol. The molecule has 0 N–H and O–H groups in total. The lowest BCUT2D eigenvalue weighted by Crippen LogP contribution is -2.15. The quantitative estimate of drug-likeness (QED) is 0.0852. The Hall–Kier alpha value is -12.2. The van der Waals surface area contributed by atoms with Gasteiger partial charge in [0.05, 0.1) is 0 Å². The molecule has 0 spiro atoms. The summed E-state index contributed by atoms with van der Waals surface area (Å²) in [6, 6.07) is 115. The van der Waals surface area contributed by atoms with Gasteiger partial charge in [0, 0.05) is 11.8 Å². The first kappa shape index (κ1) is 56.1. The van der Waals surface area contributed by atoms with Gasteiger partial charge in [-0.3, -0.25) is 0 Å². The molecule has 0 aliphatic heterocycles. The van der Waals surface area contributed by atoms with E-state index in [2.05, 4.69) is 315 Å². The third-order valence-electron chi connectivity index (χ3n) is 21.3. The zero-order valence-electron chi connectivity index (χ0n) is 53.6. The molecule has 0 saturated heterocycles. The highest BCUT2D eigenvalue weighted by atomic mass is 16.5. The van der Waals surface area contributed by atoms with Crippen LogP contribution in [0.25, 0.3) is 129 Å². The molecular formula is C94H62O4. The molecule has 0 aliphatic carbocycles. The van der Waals surface area contributed by atoms with Gasteiger partial charge in [-0.1, -0.05) is 267 Å². The van der Waals surface area contributed by atoms with Gasteiger partial charge in [0.15, 0.2) is 0 Å². The largest absolute Gasteiger partial charge is 0.489 e. The Labute approximate surface area is 566 Å². The molecule has 0 radical (unpaired) electrons. The molecule has 4 heteroatoms. The number of rotatable bonds is 17. The maximum Gasteiger partial charge on any atom is 0.119 e. The SMILES string of the molecule is c1cc2ccc3ccc(COc4ccc(C(c5ccc(OCc6ccc7ccc8cccc9ccc6c7c89)cc5)C(c5ccc(OCc6ccc7ccc8cccc9ccc6c7c89)cc5)c5ccc(OCc6ccc7ccc8cccc9ccc6c7c89)cc5)cc4)c4ccc(c1)c2c34. The zero-order valence-corrected chi connectivity index (χ0v) is 53.6. The van der Waals surface area contributed by atoms with Crippen molar-refractivity contribution in [3.8, 4) is 23.0 Å². The topological polar surface area (TPSA) is 36.9 Å². The second-order valence-electron chi connectivity index (χ2n) is 26.7. The first-order valence-corrected chi connectivity index (χ1v) is 34.1. The van der Waals surface area contributed by atoms with E-state index in [4.69, 9.17) is 18.9 Å². The lowest BCUT2D eigenvalue weighted by atomic mass is 9.73. The third-order valence-corrected chi connectivity index (χ3v) is 21.3. The lowest BCUT2D eigenvalue weighted by molar-refractivity contribution is 0.307. The van der Waals surface area contributed by atoms with Gasteiger partial charge in [-0.05, 0) is 222 Å². The summed E-state index contributed by atoms with van der Waals surface area (Å²) >= 11 is 0. The molecule has 0 heterocycles. The van der Waals surface area contributed by atoms with Crippen molar-refractivity contribution in [2.45, 2.75) is 38.3 Å². The summed E-state index contributed by atoms with van der Waals surface area (Å²) in [5, 5.41) is 30.3. The summed E-state index contributed by atoms with van der Waals surface area (Å²) in [4.78, 5) is 0. The minimum Gasteiger partial charge on any atom is -0.489 e. The minimum atomic E-state index is -0.166. The van der Waals surface area contributed by atoms with E-state index >= 15 is 0 Å². The number of hydrogen-bond donors (Lipinski definition) is 0. The van der Waals surface area contributed by atoms with Crippen molar-refractivity contribution in [2.75, 3.05) is 0 Å². The van der Waals surface area contributed by atoms with E-state index in [0.29, 0.717) is 26.4 Å². The van der Waals surface area contributed by atoms with E-state index in [9.17, 15) is 0 Å². The van der Waals surface area contributed by atoms with Crippen molar-refractivity contribution in [1.29, 1.82) is 0 Å². The number of ether oxygens (including phenoxy) is 4. The average Bonchev–Trinajstić information content (AvgIpc) is 0.758. The van der Waals surface area contributed by atoms with E-state index in [1.165, 1.54) is 129 Å². The number of benzene rings is 20. The molecule has 0 saturated carbocycles. The van der Waals surface area contributed by atoms with Crippen molar-refractivity contribution in [3.05, 3.63) is 360 Å². The van der Waals surface area contributed by atoms with Crippen LogP contribution in [0.5, 0.6) is 23.0 Å². The zero-order chi connectivity index (χ0) is 64.4. The molecule has 0 aromatic heterocycles. The van der Waals surface area contributed by atoms with Gasteiger partial charge in [-0.2, -0.15) is 0 Å². The molecule has 20 rings (SSSR count). The second kappa shape index (κ2) is 22.7. The fourth-order valence-corrected chi connectivity index (χ4v) is 16.6. The Morgan fingerprint density at radius 1 is 0.163 bits per heavy atom. The Morgan fingerprint density at radius 2 is 0.337 bits per heavy atom. The highest BCUT2D eigenvalue weighted by molar-refractivity contribution is 6.27. The summed E-state index contributed by atoms with van der Waals surface area (Å²) in [7, 11) is 0. The van der Waals surface area contributed by atoms with Crippen LogP contribution in [0.4, 0.5) is 0 Å². The normalized spacial score (nSPS) is 12.2. The van der Waals surface area contributed by atoms with Crippen LogP contribution in [-0.4, -0.2) is 0 Å². The first-order valence-electron chi connectivity index (χ1n) is 34.1. The summed E-state index contributed by atoms with van der Waals surface area (Å²) in [5.74, 6) is 2.90. The maximum absolute atomic E-state index is 6.79. The second-order valence-corrected chi connectivity index (χ2v) is 26.7. The van der Waals surface area contributed by atoms with E-state index in [1.807, 2.05) is 0 Å². The molecule has 0 aliphatic rings. The van der Waals surface area contributed by atoms with Crippen molar-refractivity contribution in [3.63, 3.8) is 0 Å². The molecule has 0 unspecified atom stereocenters. The van der Waals surface area contributed by atoms with Crippen molar-refractivity contribution in [2.24, 2.45) is 0 Å². The summed E-state index contributed by atoms with van der Waals surface area (Å²) in [5.41, 5.74) is 9.23.